The normalized spacial score (nSPS) is 21.8. The maximum absolute atomic E-state index is 12.1. The number of piperidine rings is 1. The van der Waals surface area contributed by atoms with Crippen molar-refractivity contribution in [1.82, 2.24) is 4.90 Å². The fraction of sp³-hybridized carbons (Fsp3) is 0.875. The van der Waals surface area contributed by atoms with Crippen LogP contribution in [0.2, 0.25) is 0 Å². The molecular formula is C16H27NO4. The highest BCUT2D eigenvalue weighted by Crippen LogP contribution is 2.56. The molecule has 120 valence electrons. The van der Waals surface area contributed by atoms with Gasteiger partial charge in [0.2, 0.25) is 0 Å². The minimum Gasteiger partial charge on any atom is -0.466 e. The number of esters is 1. The minimum atomic E-state index is -0.462. The molecule has 1 amide bonds. The zero-order valence-electron chi connectivity index (χ0n) is 13.6. The third-order valence-electron chi connectivity index (χ3n) is 4.40. The van der Waals surface area contributed by atoms with Crippen LogP contribution < -0.4 is 0 Å². The Kier molecular flexibility index (Phi) is 4.49. The standard InChI is InChI=1S/C16H27NO4/c1-5-20-13(18)16(8-9-16)12-6-10-17(11-7-12)14(19)21-15(2,3)4/h12H,5-11H2,1-4H3. The van der Waals surface area contributed by atoms with Gasteiger partial charge in [0.1, 0.15) is 5.60 Å². The van der Waals surface area contributed by atoms with Gasteiger partial charge in [0.05, 0.1) is 12.0 Å². The van der Waals surface area contributed by atoms with E-state index in [0.29, 0.717) is 25.6 Å². The van der Waals surface area contributed by atoms with Gasteiger partial charge in [-0.05, 0) is 59.3 Å². The van der Waals surface area contributed by atoms with Crippen LogP contribution in [0.3, 0.4) is 0 Å². The van der Waals surface area contributed by atoms with Gasteiger partial charge < -0.3 is 14.4 Å². The van der Waals surface area contributed by atoms with Crippen molar-refractivity contribution in [2.45, 2.75) is 59.0 Å². The number of hydrogen-bond donors (Lipinski definition) is 0. The summed E-state index contributed by atoms with van der Waals surface area (Å²) in [6, 6.07) is 0. The highest BCUT2D eigenvalue weighted by Gasteiger charge is 2.57. The number of rotatable bonds is 3. The summed E-state index contributed by atoms with van der Waals surface area (Å²) in [6.45, 7) is 9.24. The van der Waals surface area contributed by atoms with Crippen molar-refractivity contribution in [1.29, 1.82) is 0 Å². The molecule has 0 aromatic carbocycles. The average molecular weight is 297 g/mol. The first-order valence-electron chi connectivity index (χ1n) is 7.93. The van der Waals surface area contributed by atoms with Crippen molar-refractivity contribution in [3.63, 3.8) is 0 Å². The van der Waals surface area contributed by atoms with Crippen molar-refractivity contribution >= 4 is 12.1 Å². The van der Waals surface area contributed by atoms with Crippen molar-refractivity contribution in [3.05, 3.63) is 0 Å². The van der Waals surface area contributed by atoms with Gasteiger partial charge in [-0.2, -0.15) is 0 Å². The highest BCUT2D eigenvalue weighted by atomic mass is 16.6. The fourth-order valence-corrected chi connectivity index (χ4v) is 3.13. The number of nitrogens with zero attached hydrogens (tertiary/aromatic N) is 1. The predicted molar refractivity (Wildman–Crippen MR) is 78.8 cm³/mol. The number of amides is 1. The molecule has 1 aliphatic heterocycles. The van der Waals surface area contributed by atoms with Gasteiger partial charge in [0, 0.05) is 13.1 Å². The number of likely N-dealkylation sites (tertiary alicyclic amines) is 1. The summed E-state index contributed by atoms with van der Waals surface area (Å²) >= 11 is 0. The molecule has 5 heteroatoms. The molecule has 0 aromatic rings. The SMILES string of the molecule is CCOC(=O)C1(C2CCN(C(=O)OC(C)(C)C)CC2)CC1. The quantitative estimate of drug-likeness (QED) is 0.751. The summed E-state index contributed by atoms with van der Waals surface area (Å²) in [7, 11) is 0. The van der Waals surface area contributed by atoms with Gasteiger partial charge >= 0.3 is 12.1 Å². The third-order valence-corrected chi connectivity index (χ3v) is 4.40. The van der Waals surface area contributed by atoms with E-state index in [1.165, 1.54) is 0 Å². The lowest BCUT2D eigenvalue weighted by Gasteiger charge is -2.36. The molecule has 2 fully saturated rings. The van der Waals surface area contributed by atoms with Crippen molar-refractivity contribution in [2.24, 2.45) is 11.3 Å². The predicted octanol–water partition coefficient (Wildman–Crippen LogP) is 2.98. The van der Waals surface area contributed by atoms with E-state index in [2.05, 4.69) is 0 Å². The largest absolute Gasteiger partial charge is 0.466 e. The lowest BCUT2D eigenvalue weighted by molar-refractivity contribution is -0.152. The van der Waals surface area contributed by atoms with Crippen molar-refractivity contribution in [3.8, 4) is 0 Å². The van der Waals surface area contributed by atoms with Crippen LogP contribution in [0.15, 0.2) is 0 Å². The van der Waals surface area contributed by atoms with Crippen molar-refractivity contribution < 1.29 is 19.1 Å². The molecule has 21 heavy (non-hydrogen) atoms. The van der Waals surface area contributed by atoms with Crippen LogP contribution in [-0.2, 0) is 14.3 Å². The van der Waals surface area contributed by atoms with E-state index in [-0.39, 0.29) is 17.5 Å². The van der Waals surface area contributed by atoms with Gasteiger partial charge in [-0.1, -0.05) is 0 Å². The first-order valence-corrected chi connectivity index (χ1v) is 7.93. The maximum Gasteiger partial charge on any atom is 0.410 e. The summed E-state index contributed by atoms with van der Waals surface area (Å²) in [5, 5.41) is 0. The Balaban J connectivity index is 1.86. The van der Waals surface area contributed by atoms with Crippen LogP contribution in [0, 0.1) is 11.3 Å². The van der Waals surface area contributed by atoms with E-state index >= 15 is 0 Å². The molecule has 0 aromatic heterocycles. The first-order chi connectivity index (χ1) is 9.78. The van der Waals surface area contributed by atoms with Gasteiger partial charge in [-0.15, -0.1) is 0 Å². The molecular weight excluding hydrogens is 270 g/mol. The number of carbonyl (C=O) groups is 2. The summed E-state index contributed by atoms with van der Waals surface area (Å²) in [6.07, 6.45) is 3.34. The lowest BCUT2D eigenvalue weighted by Crippen LogP contribution is -2.44. The van der Waals surface area contributed by atoms with Crippen LogP contribution in [-0.4, -0.2) is 42.3 Å². The molecule has 2 aliphatic rings. The van der Waals surface area contributed by atoms with E-state index in [9.17, 15) is 9.59 Å². The van der Waals surface area contributed by atoms with Gasteiger partial charge in [0.25, 0.3) is 0 Å². The fourth-order valence-electron chi connectivity index (χ4n) is 3.13. The molecule has 5 nitrogen and oxygen atoms in total. The molecule has 0 radical (unpaired) electrons. The molecule has 0 unspecified atom stereocenters. The molecule has 1 aliphatic carbocycles. The molecule has 1 saturated carbocycles. The second-order valence-corrected chi connectivity index (χ2v) is 7.12. The van der Waals surface area contributed by atoms with Crippen molar-refractivity contribution in [2.75, 3.05) is 19.7 Å². The molecule has 0 N–H and O–H groups in total. The summed E-state index contributed by atoms with van der Waals surface area (Å²) in [5.74, 6) is 0.302. The monoisotopic (exact) mass is 297 g/mol. The number of ether oxygens (including phenoxy) is 2. The van der Waals surface area contributed by atoms with Crippen LogP contribution in [0.1, 0.15) is 53.4 Å². The van der Waals surface area contributed by atoms with E-state index in [0.717, 1.165) is 25.7 Å². The molecule has 0 atom stereocenters. The van der Waals surface area contributed by atoms with E-state index in [1.54, 1.807) is 4.90 Å². The number of carbonyl (C=O) groups excluding carboxylic acids is 2. The molecule has 1 saturated heterocycles. The van der Waals surface area contributed by atoms with Crippen LogP contribution >= 0.6 is 0 Å². The van der Waals surface area contributed by atoms with Crippen LogP contribution in [0.25, 0.3) is 0 Å². The van der Waals surface area contributed by atoms with E-state index < -0.39 is 5.60 Å². The Hall–Kier alpha value is -1.26. The second-order valence-electron chi connectivity index (χ2n) is 7.12. The molecule has 0 spiro atoms. The number of hydrogen-bond acceptors (Lipinski definition) is 4. The smallest absolute Gasteiger partial charge is 0.410 e. The second kappa shape index (κ2) is 5.85. The Morgan fingerprint density at radius 1 is 1.19 bits per heavy atom. The minimum absolute atomic E-state index is 0.0410. The topological polar surface area (TPSA) is 55.8 Å². The molecule has 1 heterocycles. The average Bonchev–Trinajstić information content (AvgIpc) is 3.19. The van der Waals surface area contributed by atoms with Gasteiger partial charge in [-0.25, -0.2) is 4.79 Å². The Morgan fingerprint density at radius 2 is 1.76 bits per heavy atom. The van der Waals surface area contributed by atoms with E-state index in [1.807, 2.05) is 27.7 Å². The van der Waals surface area contributed by atoms with Crippen LogP contribution in [0.4, 0.5) is 4.79 Å². The third kappa shape index (κ3) is 3.69. The highest BCUT2D eigenvalue weighted by molar-refractivity contribution is 5.80. The van der Waals surface area contributed by atoms with Gasteiger partial charge in [0.15, 0.2) is 0 Å². The zero-order valence-corrected chi connectivity index (χ0v) is 13.6. The first kappa shape index (κ1) is 16.1. The van der Waals surface area contributed by atoms with Gasteiger partial charge in [-0.3, -0.25) is 4.79 Å². The summed E-state index contributed by atoms with van der Waals surface area (Å²) < 4.78 is 10.6. The molecule has 0 bridgehead atoms. The van der Waals surface area contributed by atoms with E-state index in [4.69, 9.17) is 9.47 Å². The Bertz CT molecular complexity index is 401. The Labute approximate surface area is 127 Å². The molecule has 2 rings (SSSR count). The van der Waals surface area contributed by atoms with Crippen LogP contribution in [0.5, 0.6) is 0 Å². The lowest BCUT2D eigenvalue weighted by atomic mass is 9.81. The Morgan fingerprint density at radius 3 is 2.19 bits per heavy atom. The maximum atomic E-state index is 12.1. The zero-order chi connectivity index (χ0) is 15.7. The summed E-state index contributed by atoms with van der Waals surface area (Å²) in [5.41, 5.74) is -0.716. The summed E-state index contributed by atoms with van der Waals surface area (Å²) in [4.78, 5) is 25.9.